The summed E-state index contributed by atoms with van der Waals surface area (Å²) >= 11 is 4.24. The van der Waals surface area contributed by atoms with Crippen LogP contribution in [0.25, 0.3) is 0 Å². The highest BCUT2D eigenvalue weighted by Gasteiger charge is 2.25. The second-order valence-corrected chi connectivity index (χ2v) is 10.9. The van der Waals surface area contributed by atoms with Crippen molar-refractivity contribution in [2.24, 2.45) is 0 Å². The lowest BCUT2D eigenvalue weighted by Crippen LogP contribution is -2.30. The summed E-state index contributed by atoms with van der Waals surface area (Å²) < 4.78 is 0. The van der Waals surface area contributed by atoms with Crippen LogP contribution in [0.2, 0.25) is 24.2 Å². The Morgan fingerprint density at radius 2 is 1.20 bits per heavy atom. The minimum atomic E-state index is -0.801. The molecule has 0 radical (unpaired) electrons. The van der Waals surface area contributed by atoms with E-state index < -0.39 is 8.07 Å². The summed E-state index contributed by atoms with van der Waals surface area (Å²) in [5.41, 5.74) is 0. The first-order valence-corrected chi connectivity index (χ1v) is 10.3. The minimum absolute atomic E-state index is 0.801. The molecule has 0 saturated heterocycles. The molecule has 0 unspecified atom stereocenters. The van der Waals surface area contributed by atoms with Gasteiger partial charge in [0.15, 0.2) is 0 Å². The number of unbranched alkanes of at least 4 members (excludes halogenated alkanes) is 4. The maximum Gasteiger partial charge on any atom is 0.0527 e. The summed E-state index contributed by atoms with van der Waals surface area (Å²) in [6.07, 6.45) is 7.09. The van der Waals surface area contributed by atoms with Crippen LogP contribution in [0.15, 0.2) is 0 Å². The van der Waals surface area contributed by atoms with Crippen LogP contribution in [0.3, 0.4) is 0 Å². The van der Waals surface area contributed by atoms with Crippen LogP contribution in [0.5, 0.6) is 0 Å². The van der Waals surface area contributed by atoms with Crippen LogP contribution < -0.4 is 0 Å². The lowest BCUT2D eigenvalue weighted by molar-refractivity contribution is 0.654. The Bertz CT molecular complexity index is 124. The molecule has 0 fully saturated rings. The van der Waals surface area contributed by atoms with Gasteiger partial charge in [0.2, 0.25) is 0 Å². The lowest BCUT2D eigenvalue weighted by Gasteiger charge is -2.28. The Morgan fingerprint density at radius 3 is 1.67 bits per heavy atom. The highest BCUT2D eigenvalue weighted by Crippen LogP contribution is 2.27. The van der Waals surface area contributed by atoms with Gasteiger partial charge in [-0.3, -0.25) is 0 Å². The Morgan fingerprint density at radius 1 is 0.733 bits per heavy atom. The summed E-state index contributed by atoms with van der Waals surface area (Å²) in [6, 6.07) is 6.07. The van der Waals surface area contributed by atoms with E-state index in [1.54, 1.807) is 6.04 Å². The number of hydrogen-bond acceptors (Lipinski definition) is 1. The molecule has 0 heterocycles. The van der Waals surface area contributed by atoms with Crippen LogP contribution >= 0.6 is 12.6 Å². The van der Waals surface area contributed by atoms with Crippen molar-refractivity contribution in [2.45, 2.75) is 77.1 Å². The number of rotatable bonds is 10. The SMILES string of the molecule is CC[Si](CC)(CC)CCCCCCCS. The maximum atomic E-state index is 4.24. The second-order valence-electron chi connectivity index (χ2n) is 4.80. The van der Waals surface area contributed by atoms with Crippen molar-refractivity contribution in [3.8, 4) is 0 Å². The predicted molar refractivity (Wildman–Crippen MR) is 78.9 cm³/mol. The fourth-order valence-corrected chi connectivity index (χ4v) is 6.21. The van der Waals surface area contributed by atoms with Gasteiger partial charge in [-0.15, -0.1) is 0 Å². The third-order valence-electron chi connectivity index (χ3n) is 4.12. The van der Waals surface area contributed by atoms with Crippen LogP contribution in [-0.4, -0.2) is 13.8 Å². The summed E-state index contributed by atoms with van der Waals surface area (Å²) in [5, 5.41) is 0. The highest BCUT2D eigenvalue weighted by molar-refractivity contribution is 7.80. The number of hydrogen-bond donors (Lipinski definition) is 1. The summed E-state index contributed by atoms with van der Waals surface area (Å²) in [5.74, 6) is 1.07. The summed E-state index contributed by atoms with van der Waals surface area (Å²) in [7, 11) is -0.801. The van der Waals surface area contributed by atoms with Crippen LogP contribution in [-0.2, 0) is 0 Å². The Hall–Kier alpha value is 0.567. The number of thiol groups is 1. The zero-order valence-electron chi connectivity index (χ0n) is 11.0. The van der Waals surface area contributed by atoms with E-state index in [0.29, 0.717) is 0 Å². The highest BCUT2D eigenvalue weighted by atomic mass is 32.1. The van der Waals surface area contributed by atoms with Gasteiger partial charge in [0.1, 0.15) is 0 Å². The van der Waals surface area contributed by atoms with Gasteiger partial charge < -0.3 is 0 Å². The van der Waals surface area contributed by atoms with Crippen LogP contribution in [0.1, 0.15) is 52.9 Å². The molecular weight excluding hydrogens is 216 g/mol. The van der Waals surface area contributed by atoms with Crippen LogP contribution in [0, 0.1) is 0 Å². The molecule has 0 amide bonds. The molecule has 0 aliphatic heterocycles. The summed E-state index contributed by atoms with van der Waals surface area (Å²) in [6.45, 7) is 7.25. The van der Waals surface area contributed by atoms with Gasteiger partial charge in [0.25, 0.3) is 0 Å². The Labute approximate surface area is 104 Å². The average molecular weight is 247 g/mol. The van der Waals surface area contributed by atoms with E-state index in [4.69, 9.17) is 0 Å². The Kier molecular flexibility index (Phi) is 10.1. The zero-order valence-corrected chi connectivity index (χ0v) is 12.9. The van der Waals surface area contributed by atoms with E-state index in [1.807, 2.05) is 0 Å². The van der Waals surface area contributed by atoms with E-state index >= 15 is 0 Å². The van der Waals surface area contributed by atoms with E-state index in [9.17, 15) is 0 Å². The summed E-state index contributed by atoms with van der Waals surface area (Å²) in [4.78, 5) is 0. The van der Waals surface area contributed by atoms with Gasteiger partial charge in [-0.05, 0) is 12.2 Å². The van der Waals surface area contributed by atoms with Gasteiger partial charge in [0, 0.05) is 0 Å². The molecule has 0 bridgehead atoms. The van der Waals surface area contributed by atoms with Crippen molar-refractivity contribution < 1.29 is 0 Å². The molecule has 0 aromatic heterocycles. The monoisotopic (exact) mass is 246 g/mol. The van der Waals surface area contributed by atoms with Crippen molar-refractivity contribution >= 4 is 20.7 Å². The molecule has 0 aliphatic rings. The van der Waals surface area contributed by atoms with Gasteiger partial charge in [-0.2, -0.15) is 12.6 Å². The smallest absolute Gasteiger partial charge is 0.0527 e. The molecule has 0 aromatic carbocycles. The molecule has 0 saturated carbocycles. The average Bonchev–Trinajstić information content (AvgIpc) is 2.29. The van der Waals surface area contributed by atoms with Gasteiger partial charge >= 0.3 is 0 Å². The quantitative estimate of drug-likeness (QED) is 0.299. The van der Waals surface area contributed by atoms with Gasteiger partial charge in [-0.1, -0.05) is 70.6 Å². The third-order valence-corrected chi connectivity index (χ3v) is 10.3. The predicted octanol–water partition coefficient (Wildman–Crippen LogP) is 5.38. The molecule has 0 aliphatic carbocycles. The molecule has 0 aromatic rings. The first kappa shape index (κ1) is 15.6. The van der Waals surface area contributed by atoms with E-state index in [-0.39, 0.29) is 0 Å². The second kappa shape index (κ2) is 9.77. The normalized spacial score (nSPS) is 12.0. The van der Waals surface area contributed by atoms with Crippen molar-refractivity contribution in [1.29, 1.82) is 0 Å². The van der Waals surface area contributed by atoms with E-state index in [0.717, 1.165) is 5.75 Å². The first-order valence-electron chi connectivity index (χ1n) is 6.85. The molecule has 0 rings (SSSR count). The fraction of sp³-hybridized carbons (Fsp3) is 1.00. The molecule has 0 nitrogen and oxygen atoms in total. The third kappa shape index (κ3) is 6.67. The molecular formula is C13H30SSi. The topological polar surface area (TPSA) is 0 Å². The molecule has 15 heavy (non-hydrogen) atoms. The largest absolute Gasteiger partial charge is 0.179 e. The molecule has 0 spiro atoms. The standard InChI is InChI=1S/C13H30SSi/c1-4-15(5-2,6-3)13-11-9-7-8-10-12-14/h14H,4-13H2,1-3H3. The van der Waals surface area contributed by atoms with Gasteiger partial charge in [0.05, 0.1) is 8.07 Å². The zero-order chi connectivity index (χ0) is 11.6. The lowest BCUT2D eigenvalue weighted by atomic mass is 10.2. The fourth-order valence-electron chi connectivity index (χ4n) is 2.42. The molecule has 92 valence electrons. The maximum absolute atomic E-state index is 4.24. The van der Waals surface area contributed by atoms with Crippen molar-refractivity contribution in [1.82, 2.24) is 0 Å². The van der Waals surface area contributed by atoms with Gasteiger partial charge in [-0.25, -0.2) is 0 Å². The minimum Gasteiger partial charge on any atom is -0.179 e. The van der Waals surface area contributed by atoms with E-state index in [1.165, 1.54) is 50.2 Å². The van der Waals surface area contributed by atoms with Crippen molar-refractivity contribution in [3.05, 3.63) is 0 Å². The molecule has 2 heteroatoms. The molecule has 0 atom stereocenters. The Balaban J connectivity index is 3.54. The molecule has 0 N–H and O–H groups in total. The van der Waals surface area contributed by atoms with E-state index in [2.05, 4.69) is 33.4 Å². The first-order chi connectivity index (χ1) is 7.24. The van der Waals surface area contributed by atoms with Crippen molar-refractivity contribution in [3.63, 3.8) is 0 Å². The van der Waals surface area contributed by atoms with Crippen molar-refractivity contribution in [2.75, 3.05) is 5.75 Å². The van der Waals surface area contributed by atoms with Crippen LogP contribution in [0.4, 0.5) is 0 Å².